The maximum Gasteiger partial charge on any atom is 0.232 e. The van der Waals surface area contributed by atoms with Crippen molar-refractivity contribution in [2.24, 2.45) is 0 Å². The number of pyridine rings is 1. The lowest BCUT2D eigenvalue weighted by molar-refractivity contribution is 0.326. The number of nitrogens with zero attached hydrogens (tertiary/aromatic N) is 2. The summed E-state index contributed by atoms with van der Waals surface area (Å²) < 4.78 is 5.76. The SMILES string of the molecule is CCOc1nc2c(c(-c3cccs3)c1C#N)CCCc1ccccc1-2. The summed E-state index contributed by atoms with van der Waals surface area (Å²) in [6, 6.07) is 14.9. The van der Waals surface area contributed by atoms with Crippen LogP contribution in [0.1, 0.15) is 30.0 Å². The summed E-state index contributed by atoms with van der Waals surface area (Å²) in [5, 5.41) is 11.9. The van der Waals surface area contributed by atoms with E-state index < -0.39 is 0 Å². The molecule has 1 aliphatic rings. The molecule has 0 aliphatic heterocycles. The van der Waals surface area contributed by atoms with Gasteiger partial charge in [-0.3, -0.25) is 0 Å². The second kappa shape index (κ2) is 6.70. The molecule has 25 heavy (non-hydrogen) atoms. The topological polar surface area (TPSA) is 45.9 Å². The molecule has 0 saturated carbocycles. The summed E-state index contributed by atoms with van der Waals surface area (Å²) in [6.07, 6.45) is 3.01. The van der Waals surface area contributed by atoms with E-state index in [1.807, 2.05) is 18.4 Å². The lowest BCUT2D eigenvalue weighted by Crippen LogP contribution is -2.05. The van der Waals surface area contributed by atoms with E-state index in [2.05, 4.69) is 36.4 Å². The number of hydrogen-bond acceptors (Lipinski definition) is 4. The maximum atomic E-state index is 9.83. The highest BCUT2D eigenvalue weighted by Crippen LogP contribution is 2.42. The van der Waals surface area contributed by atoms with E-state index in [4.69, 9.17) is 9.72 Å². The molecular weight excluding hydrogens is 328 g/mol. The second-order valence-corrected chi connectivity index (χ2v) is 6.97. The normalized spacial score (nSPS) is 12.6. The zero-order chi connectivity index (χ0) is 17.2. The first-order chi connectivity index (χ1) is 12.3. The Balaban J connectivity index is 2.08. The molecule has 1 aromatic carbocycles. The van der Waals surface area contributed by atoms with Gasteiger partial charge in [-0.15, -0.1) is 11.3 Å². The molecule has 1 aliphatic carbocycles. The van der Waals surface area contributed by atoms with Gasteiger partial charge in [-0.1, -0.05) is 30.3 Å². The van der Waals surface area contributed by atoms with Gasteiger partial charge in [-0.2, -0.15) is 5.26 Å². The van der Waals surface area contributed by atoms with Gasteiger partial charge >= 0.3 is 0 Å². The van der Waals surface area contributed by atoms with Crippen LogP contribution in [0.2, 0.25) is 0 Å². The molecule has 0 saturated heterocycles. The average Bonchev–Trinajstić information content (AvgIpc) is 3.10. The van der Waals surface area contributed by atoms with E-state index in [9.17, 15) is 5.26 Å². The van der Waals surface area contributed by atoms with Crippen molar-refractivity contribution in [1.82, 2.24) is 4.98 Å². The molecule has 0 spiro atoms. The molecule has 124 valence electrons. The Morgan fingerprint density at radius 1 is 1.20 bits per heavy atom. The Morgan fingerprint density at radius 2 is 2.08 bits per heavy atom. The van der Waals surface area contributed by atoms with E-state index in [0.29, 0.717) is 18.1 Å². The van der Waals surface area contributed by atoms with Crippen molar-refractivity contribution in [3.63, 3.8) is 0 Å². The van der Waals surface area contributed by atoms with Crippen LogP contribution in [-0.4, -0.2) is 11.6 Å². The first-order valence-corrected chi connectivity index (χ1v) is 9.43. The minimum Gasteiger partial charge on any atom is -0.477 e. The van der Waals surface area contributed by atoms with Crippen molar-refractivity contribution >= 4 is 11.3 Å². The first kappa shape index (κ1) is 15.9. The molecule has 3 nitrogen and oxygen atoms in total. The number of aryl methyl sites for hydroxylation is 1. The fourth-order valence-electron chi connectivity index (χ4n) is 3.53. The largest absolute Gasteiger partial charge is 0.477 e. The number of benzene rings is 1. The zero-order valence-electron chi connectivity index (χ0n) is 14.1. The zero-order valence-corrected chi connectivity index (χ0v) is 14.9. The summed E-state index contributed by atoms with van der Waals surface area (Å²) >= 11 is 1.66. The molecule has 0 bridgehead atoms. The van der Waals surface area contributed by atoms with Crippen LogP contribution in [0, 0.1) is 11.3 Å². The predicted octanol–water partition coefficient (Wildman–Crippen LogP) is 5.24. The van der Waals surface area contributed by atoms with Crippen LogP contribution in [0.4, 0.5) is 0 Å². The average molecular weight is 346 g/mol. The third-order valence-corrected chi connectivity index (χ3v) is 5.46. The monoisotopic (exact) mass is 346 g/mol. The minimum absolute atomic E-state index is 0.448. The lowest BCUT2D eigenvalue weighted by Gasteiger charge is -2.17. The van der Waals surface area contributed by atoms with Gasteiger partial charge in [0.05, 0.1) is 12.3 Å². The number of ether oxygens (including phenoxy) is 1. The molecule has 0 radical (unpaired) electrons. The molecule has 4 heteroatoms. The van der Waals surface area contributed by atoms with E-state index in [1.165, 1.54) is 16.7 Å². The highest BCUT2D eigenvalue weighted by atomic mass is 32.1. The number of nitriles is 1. The third-order valence-electron chi connectivity index (χ3n) is 4.57. The van der Waals surface area contributed by atoms with Crippen molar-refractivity contribution in [3.8, 4) is 33.6 Å². The molecular formula is C21H18N2OS. The van der Waals surface area contributed by atoms with Gasteiger partial charge < -0.3 is 4.74 Å². The van der Waals surface area contributed by atoms with Crippen LogP contribution in [-0.2, 0) is 12.8 Å². The standard InChI is InChI=1S/C21H18N2OS/c1-2-24-21-17(13-22)19(18-11-6-12-25-18)16-10-5-8-14-7-3-4-9-15(14)20(16)23-21/h3-4,6-7,9,11-12H,2,5,8,10H2,1H3. The van der Waals surface area contributed by atoms with Gasteiger partial charge in [0, 0.05) is 16.0 Å². The summed E-state index contributed by atoms with van der Waals surface area (Å²) in [5.41, 5.74) is 6.19. The van der Waals surface area contributed by atoms with Crippen molar-refractivity contribution in [3.05, 3.63) is 58.5 Å². The molecule has 0 amide bonds. The first-order valence-electron chi connectivity index (χ1n) is 8.55. The third kappa shape index (κ3) is 2.71. The van der Waals surface area contributed by atoms with Gasteiger partial charge in [0.1, 0.15) is 11.6 Å². The van der Waals surface area contributed by atoms with Gasteiger partial charge in [0.25, 0.3) is 0 Å². The predicted molar refractivity (Wildman–Crippen MR) is 101 cm³/mol. The highest BCUT2D eigenvalue weighted by molar-refractivity contribution is 7.13. The summed E-state index contributed by atoms with van der Waals surface area (Å²) in [5.74, 6) is 0.448. The molecule has 0 atom stereocenters. The van der Waals surface area contributed by atoms with E-state index >= 15 is 0 Å². The fourth-order valence-corrected chi connectivity index (χ4v) is 4.33. The van der Waals surface area contributed by atoms with Gasteiger partial charge in [-0.05, 0) is 48.8 Å². The second-order valence-electron chi connectivity index (χ2n) is 6.03. The molecule has 3 aromatic rings. The van der Waals surface area contributed by atoms with Gasteiger partial charge in [-0.25, -0.2) is 4.98 Å². The van der Waals surface area contributed by atoms with Crippen LogP contribution in [0.25, 0.3) is 21.7 Å². The molecule has 2 heterocycles. The van der Waals surface area contributed by atoms with Crippen molar-refractivity contribution in [2.75, 3.05) is 6.61 Å². The molecule has 2 aromatic heterocycles. The molecule has 0 fully saturated rings. The van der Waals surface area contributed by atoms with E-state index in [0.717, 1.165) is 35.4 Å². The summed E-state index contributed by atoms with van der Waals surface area (Å²) in [7, 11) is 0. The minimum atomic E-state index is 0.448. The number of thiophene rings is 1. The van der Waals surface area contributed by atoms with Crippen LogP contribution in [0.5, 0.6) is 5.88 Å². The fraction of sp³-hybridized carbons (Fsp3) is 0.238. The van der Waals surface area contributed by atoms with Crippen molar-refractivity contribution in [2.45, 2.75) is 26.2 Å². The Morgan fingerprint density at radius 3 is 2.84 bits per heavy atom. The number of aromatic nitrogens is 1. The van der Waals surface area contributed by atoms with Gasteiger partial charge in [0.2, 0.25) is 5.88 Å². The summed E-state index contributed by atoms with van der Waals surface area (Å²) in [4.78, 5) is 5.91. The smallest absolute Gasteiger partial charge is 0.232 e. The van der Waals surface area contributed by atoms with Crippen LogP contribution in [0.3, 0.4) is 0 Å². The number of fused-ring (bicyclic) bond motifs is 3. The molecule has 4 rings (SSSR count). The Bertz CT molecular complexity index is 955. The Hall–Kier alpha value is -2.64. The highest BCUT2D eigenvalue weighted by Gasteiger charge is 2.25. The summed E-state index contributed by atoms with van der Waals surface area (Å²) in [6.45, 7) is 2.42. The molecule has 0 N–H and O–H groups in total. The van der Waals surface area contributed by atoms with Crippen LogP contribution >= 0.6 is 11.3 Å². The van der Waals surface area contributed by atoms with E-state index in [1.54, 1.807) is 11.3 Å². The number of hydrogen-bond donors (Lipinski definition) is 0. The lowest BCUT2D eigenvalue weighted by atomic mass is 9.94. The quantitative estimate of drug-likeness (QED) is 0.652. The van der Waals surface area contributed by atoms with Crippen molar-refractivity contribution < 1.29 is 4.74 Å². The van der Waals surface area contributed by atoms with Crippen LogP contribution < -0.4 is 4.74 Å². The maximum absolute atomic E-state index is 9.83. The Kier molecular flexibility index (Phi) is 4.25. The number of rotatable bonds is 3. The van der Waals surface area contributed by atoms with Crippen molar-refractivity contribution in [1.29, 1.82) is 5.26 Å². The van der Waals surface area contributed by atoms with E-state index in [-0.39, 0.29) is 0 Å². The Labute approximate surface area is 151 Å². The van der Waals surface area contributed by atoms with Crippen LogP contribution in [0.15, 0.2) is 41.8 Å². The molecule has 0 unspecified atom stereocenters. The van der Waals surface area contributed by atoms with Gasteiger partial charge in [0.15, 0.2) is 0 Å².